The van der Waals surface area contributed by atoms with Gasteiger partial charge >= 0.3 is 10.1 Å². The number of hydrogen-bond donors (Lipinski definition) is 0. The molecule has 0 atom stereocenters. The molecule has 0 spiro atoms. The monoisotopic (exact) mass is 692 g/mol. The van der Waals surface area contributed by atoms with Crippen LogP contribution in [0.25, 0.3) is 6.08 Å². The second-order valence-electron chi connectivity index (χ2n) is 8.02. The van der Waals surface area contributed by atoms with Gasteiger partial charge in [-0.25, -0.2) is 0 Å². The van der Waals surface area contributed by atoms with E-state index in [9.17, 15) is 22.8 Å². The third-order valence-corrected chi connectivity index (χ3v) is 8.65. The van der Waals surface area contributed by atoms with Gasteiger partial charge in [-0.2, -0.15) is 8.42 Å². The minimum Gasteiger partial charge on any atom is -0.490 e. The lowest BCUT2D eigenvalue weighted by molar-refractivity contribution is -0.139. The lowest BCUT2D eigenvalue weighted by Crippen LogP contribution is -2.46. The van der Waals surface area contributed by atoms with Gasteiger partial charge in [0, 0.05) is 18.1 Å². The van der Waals surface area contributed by atoms with E-state index in [4.69, 9.17) is 25.3 Å². The van der Waals surface area contributed by atoms with Gasteiger partial charge in [-0.05, 0) is 89.3 Å². The van der Waals surface area contributed by atoms with Gasteiger partial charge in [-0.15, -0.1) is 0 Å². The van der Waals surface area contributed by atoms with Crippen molar-refractivity contribution in [1.29, 1.82) is 0 Å². The van der Waals surface area contributed by atoms with Crippen molar-refractivity contribution < 1.29 is 36.5 Å². The van der Waals surface area contributed by atoms with E-state index in [0.29, 0.717) is 40.5 Å². The molecule has 2 aromatic carbocycles. The number of hydrogen-bond acceptors (Lipinski definition) is 9. The van der Waals surface area contributed by atoms with Gasteiger partial charge in [0.1, 0.15) is 11.4 Å². The summed E-state index contributed by atoms with van der Waals surface area (Å²) < 4.78 is 42.4. The van der Waals surface area contributed by atoms with E-state index in [1.165, 1.54) is 36.4 Å². The fourth-order valence-corrected chi connectivity index (χ4v) is 6.42. The number of ether oxygens (including phenoxy) is 2. The van der Waals surface area contributed by atoms with E-state index < -0.39 is 21.3 Å². The molecular weight excluding hydrogens is 671 g/mol. The highest BCUT2D eigenvalue weighted by Crippen LogP contribution is 2.39. The number of rotatable bonds is 8. The smallest absolute Gasteiger partial charge is 0.339 e. The standard InChI is InChI=1S/C24H22ClIN2O8S2/c1-2-35-19-12-15(11-18(26)22(19)36-38(32,33)17-5-3-16(25)4-6-17)13-20-23(30)28(24(31)37-20)14-21(29)27-7-9-34-10-8-27/h3-6,11-13H,2,7-10,14H2,1H3/b20-13-. The first-order chi connectivity index (χ1) is 18.1. The topological polar surface area (TPSA) is 120 Å². The fourth-order valence-electron chi connectivity index (χ4n) is 3.61. The molecule has 0 radical (unpaired) electrons. The lowest BCUT2D eigenvalue weighted by atomic mass is 10.2. The SMILES string of the molecule is CCOc1cc(/C=C2\SC(=O)N(CC(=O)N3CCOCC3)C2=O)cc(I)c1OS(=O)(=O)c1ccc(Cl)cc1. The van der Waals surface area contributed by atoms with E-state index in [1.54, 1.807) is 17.9 Å². The predicted molar refractivity (Wildman–Crippen MR) is 150 cm³/mol. The molecule has 0 N–H and O–H groups in total. The van der Waals surface area contributed by atoms with Crippen LogP contribution >= 0.6 is 46.0 Å². The molecule has 0 aliphatic carbocycles. The van der Waals surface area contributed by atoms with Crippen molar-refractivity contribution in [2.24, 2.45) is 0 Å². The van der Waals surface area contributed by atoms with Crippen molar-refractivity contribution in [3.63, 3.8) is 0 Å². The molecule has 2 aromatic rings. The van der Waals surface area contributed by atoms with Crippen molar-refractivity contribution >= 4 is 79.2 Å². The molecule has 2 aliphatic rings. The van der Waals surface area contributed by atoms with Gasteiger partial charge in [0.25, 0.3) is 11.1 Å². The van der Waals surface area contributed by atoms with Gasteiger partial charge in [-0.3, -0.25) is 19.3 Å². The summed E-state index contributed by atoms with van der Waals surface area (Å²) in [5.74, 6) is -0.776. The number of thioether (sulfide) groups is 1. The van der Waals surface area contributed by atoms with E-state index in [2.05, 4.69) is 0 Å². The Hall–Kier alpha value is -2.33. The first-order valence-corrected chi connectivity index (χ1v) is 15.0. The molecular formula is C24H22ClIN2O8S2. The minimum absolute atomic E-state index is 0.0104. The Morgan fingerprint density at radius 3 is 2.53 bits per heavy atom. The van der Waals surface area contributed by atoms with Gasteiger partial charge < -0.3 is 18.6 Å². The highest BCUT2D eigenvalue weighted by atomic mass is 127. The van der Waals surface area contributed by atoms with Crippen LogP contribution in [-0.2, 0) is 24.4 Å². The van der Waals surface area contributed by atoms with Gasteiger partial charge in [-0.1, -0.05) is 11.6 Å². The third-order valence-electron chi connectivity index (χ3n) is 5.46. The van der Waals surface area contributed by atoms with Crippen molar-refractivity contribution in [3.8, 4) is 11.5 Å². The fraction of sp³-hybridized carbons (Fsp3) is 0.292. The number of morpholine rings is 1. The molecule has 10 nitrogen and oxygen atoms in total. The molecule has 3 amide bonds. The molecule has 2 aliphatic heterocycles. The Labute approximate surface area is 242 Å². The molecule has 14 heteroatoms. The summed E-state index contributed by atoms with van der Waals surface area (Å²) in [6, 6.07) is 8.67. The maximum Gasteiger partial charge on any atom is 0.339 e. The zero-order valence-corrected chi connectivity index (χ0v) is 24.6. The van der Waals surface area contributed by atoms with E-state index in [0.717, 1.165) is 16.7 Å². The number of carbonyl (C=O) groups excluding carboxylic acids is 3. The van der Waals surface area contributed by atoms with Crippen LogP contribution in [0.4, 0.5) is 4.79 Å². The average Bonchev–Trinajstić information content (AvgIpc) is 3.14. The Bertz CT molecular complexity index is 1390. The summed E-state index contributed by atoms with van der Waals surface area (Å²) in [5.41, 5.74) is 0.485. The molecule has 0 aromatic heterocycles. The van der Waals surface area contributed by atoms with E-state index in [-0.39, 0.29) is 40.4 Å². The van der Waals surface area contributed by atoms with Crippen molar-refractivity contribution in [2.45, 2.75) is 11.8 Å². The Balaban J connectivity index is 1.56. The van der Waals surface area contributed by atoms with Gasteiger partial charge in [0.05, 0.1) is 28.3 Å². The first-order valence-electron chi connectivity index (χ1n) is 11.4. The molecule has 0 bridgehead atoms. The van der Waals surface area contributed by atoms with Crippen LogP contribution in [0, 0.1) is 3.57 Å². The molecule has 0 unspecified atom stereocenters. The van der Waals surface area contributed by atoms with Gasteiger partial charge in [0.2, 0.25) is 5.91 Å². The number of amides is 3. The van der Waals surface area contributed by atoms with Crippen molar-refractivity contribution in [1.82, 2.24) is 9.80 Å². The number of nitrogens with zero attached hydrogens (tertiary/aromatic N) is 2. The number of benzene rings is 2. The zero-order valence-electron chi connectivity index (χ0n) is 20.0. The van der Waals surface area contributed by atoms with Crippen LogP contribution in [0.5, 0.6) is 11.5 Å². The average molecular weight is 693 g/mol. The van der Waals surface area contributed by atoms with Crippen LogP contribution in [0.1, 0.15) is 12.5 Å². The summed E-state index contributed by atoms with van der Waals surface area (Å²) in [7, 11) is -4.19. The maximum atomic E-state index is 12.9. The van der Waals surface area contributed by atoms with Crippen LogP contribution in [0.3, 0.4) is 0 Å². The molecule has 38 heavy (non-hydrogen) atoms. The molecule has 202 valence electrons. The molecule has 2 saturated heterocycles. The van der Waals surface area contributed by atoms with Crippen LogP contribution in [0.2, 0.25) is 5.02 Å². The van der Waals surface area contributed by atoms with Gasteiger partial charge in [0.15, 0.2) is 11.5 Å². The van der Waals surface area contributed by atoms with Crippen LogP contribution in [-0.4, -0.2) is 74.7 Å². The highest BCUT2D eigenvalue weighted by molar-refractivity contribution is 14.1. The largest absolute Gasteiger partial charge is 0.490 e. The minimum atomic E-state index is -4.19. The number of halogens is 2. The molecule has 2 heterocycles. The number of imide groups is 1. The highest BCUT2D eigenvalue weighted by Gasteiger charge is 2.37. The molecule has 4 rings (SSSR count). The van der Waals surface area contributed by atoms with Crippen LogP contribution in [0.15, 0.2) is 46.2 Å². The lowest BCUT2D eigenvalue weighted by Gasteiger charge is -2.28. The van der Waals surface area contributed by atoms with Crippen LogP contribution < -0.4 is 8.92 Å². The Morgan fingerprint density at radius 1 is 1.18 bits per heavy atom. The predicted octanol–water partition coefficient (Wildman–Crippen LogP) is 4.01. The van der Waals surface area contributed by atoms with E-state index in [1.807, 2.05) is 22.6 Å². The Kier molecular flexibility index (Phi) is 9.23. The zero-order chi connectivity index (χ0) is 27.4. The summed E-state index contributed by atoms with van der Waals surface area (Å²) in [6.45, 7) is 3.24. The van der Waals surface area contributed by atoms with Crippen molar-refractivity contribution in [2.75, 3.05) is 39.5 Å². The van der Waals surface area contributed by atoms with Crippen molar-refractivity contribution in [3.05, 3.63) is 55.5 Å². The quantitative estimate of drug-likeness (QED) is 0.230. The normalized spacial score (nSPS) is 17.3. The number of carbonyl (C=O) groups is 3. The third kappa shape index (κ3) is 6.62. The second kappa shape index (κ2) is 12.2. The molecule has 0 saturated carbocycles. The molecule has 2 fully saturated rings. The second-order valence-corrected chi connectivity index (χ2v) is 12.2. The first kappa shape index (κ1) is 28.7. The maximum absolute atomic E-state index is 12.9. The van der Waals surface area contributed by atoms with E-state index >= 15 is 0 Å². The summed E-state index contributed by atoms with van der Waals surface area (Å²) in [6.07, 6.45) is 1.49. The summed E-state index contributed by atoms with van der Waals surface area (Å²) in [5, 5.41) is -0.163. The summed E-state index contributed by atoms with van der Waals surface area (Å²) >= 11 is 8.49. The Morgan fingerprint density at radius 2 is 1.87 bits per heavy atom. The summed E-state index contributed by atoms with van der Waals surface area (Å²) in [4.78, 5) is 40.5.